The molecule has 0 radical (unpaired) electrons. The minimum atomic E-state index is -0.573. The summed E-state index contributed by atoms with van der Waals surface area (Å²) in [6.45, 7) is 7.73. The van der Waals surface area contributed by atoms with Gasteiger partial charge in [-0.15, -0.1) is 11.6 Å². The number of nitrogens with zero attached hydrogens (tertiary/aromatic N) is 2. The van der Waals surface area contributed by atoms with E-state index in [0.717, 1.165) is 37.6 Å². The third-order valence-corrected chi connectivity index (χ3v) is 4.61. The number of anilines is 2. The molecule has 5 heteroatoms. The van der Waals surface area contributed by atoms with Gasteiger partial charge in [-0.25, -0.2) is 0 Å². The highest BCUT2D eigenvalue weighted by Gasteiger charge is 2.27. The fraction of sp³-hybridized carbons (Fsp3) is 0.562. The number of benzene rings is 1. The molecule has 1 aliphatic rings. The lowest BCUT2D eigenvalue weighted by Crippen LogP contribution is -2.45. The van der Waals surface area contributed by atoms with E-state index in [1.54, 1.807) is 0 Å². The van der Waals surface area contributed by atoms with Crippen LogP contribution in [0.1, 0.15) is 13.8 Å². The standard InChI is InChI=1S/C16H24ClN3O/c1-16(2,12-17)15(21)18-13-6-4-5-7-14(13)20-10-8-19(3)9-11-20/h4-7H,8-12H2,1-3H3,(H,18,21). The minimum Gasteiger partial charge on any atom is -0.367 e. The van der Waals surface area contributed by atoms with Crippen LogP contribution in [0.4, 0.5) is 11.4 Å². The summed E-state index contributed by atoms with van der Waals surface area (Å²) in [6, 6.07) is 7.98. The van der Waals surface area contributed by atoms with Gasteiger partial charge in [0.05, 0.1) is 16.8 Å². The molecule has 4 nitrogen and oxygen atoms in total. The summed E-state index contributed by atoms with van der Waals surface area (Å²) >= 11 is 5.88. The molecular formula is C16H24ClN3O. The second-order valence-corrected chi connectivity index (χ2v) is 6.55. The van der Waals surface area contributed by atoms with Crippen LogP contribution in [0.5, 0.6) is 0 Å². The van der Waals surface area contributed by atoms with Gasteiger partial charge in [0.25, 0.3) is 0 Å². The van der Waals surface area contributed by atoms with E-state index in [9.17, 15) is 4.79 Å². The Kier molecular flexibility index (Phi) is 5.12. The molecule has 0 spiro atoms. The Morgan fingerprint density at radius 2 is 1.86 bits per heavy atom. The van der Waals surface area contributed by atoms with Gasteiger partial charge in [-0.2, -0.15) is 0 Å². The fourth-order valence-electron chi connectivity index (χ4n) is 2.25. The molecule has 2 rings (SSSR count). The van der Waals surface area contributed by atoms with E-state index in [-0.39, 0.29) is 5.91 Å². The van der Waals surface area contributed by atoms with Crippen LogP contribution in [0.15, 0.2) is 24.3 Å². The zero-order chi connectivity index (χ0) is 15.5. The van der Waals surface area contributed by atoms with Gasteiger partial charge in [0.1, 0.15) is 0 Å². The van der Waals surface area contributed by atoms with Gasteiger partial charge < -0.3 is 15.1 Å². The van der Waals surface area contributed by atoms with Crippen molar-refractivity contribution >= 4 is 28.9 Å². The number of nitrogens with one attached hydrogen (secondary N) is 1. The van der Waals surface area contributed by atoms with Crippen molar-refractivity contribution in [3.8, 4) is 0 Å². The van der Waals surface area contributed by atoms with Crippen molar-refractivity contribution in [2.45, 2.75) is 13.8 Å². The van der Waals surface area contributed by atoms with Gasteiger partial charge in [0, 0.05) is 32.1 Å². The molecule has 1 aromatic rings. The molecule has 1 aliphatic heterocycles. The average molecular weight is 310 g/mol. The maximum absolute atomic E-state index is 12.3. The largest absolute Gasteiger partial charge is 0.367 e. The summed E-state index contributed by atoms with van der Waals surface area (Å²) in [6.07, 6.45) is 0. The molecule has 0 bridgehead atoms. The Bertz CT molecular complexity index is 496. The Labute approximate surface area is 132 Å². The number of hydrogen-bond donors (Lipinski definition) is 1. The Hall–Kier alpha value is -1.26. The number of carbonyl (C=O) groups is 1. The number of rotatable bonds is 4. The maximum Gasteiger partial charge on any atom is 0.231 e. The Balaban J connectivity index is 2.16. The number of piperazine rings is 1. The predicted molar refractivity (Wildman–Crippen MR) is 89.3 cm³/mol. The third kappa shape index (κ3) is 3.89. The van der Waals surface area contributed by atoms with Crippen molar-refractivity contribution in [2.24, 2.45) is 5.41 Å². The number of para-hydroxylation sites is 2. The van der Waals surface area contributed by atoms with Crippen LogP contribution in [0, 0.1) is 5.41 Å². The van der Waals surface area contributed by atoms with Crippen molar-refractivity contribution < 1.29 is 4.79 Å². The minimum absolute atomic E-state index is 0.0425. The quantitative estimate of drug-likeness (QED) is 0.869. The Morgan fingerprint density at radius 3 is 2.48 bits per heavy atom. The van der Waals surface area contributed by atoms with Gasteiger partial charge in [-0.1, -0.05) is 12.1 Å². The van der Waals surface area contributed by atoms with Crippen LogP contribution in [0.25, 0.3) is 0 Å². The van der Waals surface area contributed by atoms with E-state index in [1.807, 2.05) is 32.0 Å². The van der Waals surface area contributed by atoms with Crippen LogP contribution < -0.4 is 10.2 Å². The molecule has 0 saturated carbocycles. The van der Waals surface area contributed by atoms with Crippen molar-refractivity contribution in [3.63, 3.8) is 0 Å². The molecule has 0 unspecified atom stereocenters. The van der Waals surface area contributed by atoms with E-state index < -0.39 is 5.41 Å². The number of halogens is 1. The van der Waals surface area contributed by atoms with Gasteiger partial charge in [0.2, 0.25) is 5.91 Å². The number of amides is 1. The number of carbonyl (C=O) groups excluding carboxylic acids is 1. The van der Waals surface area contributed by atoms with E-state index in [4.69, 9.17) is 11.6 Å². The summed E-state index contributed by atoms with van der Waals surface area (Å²) < 4.78 is 0. The first kappa shape index (κ1) is 16.1. The second-order valence-electron chi connectivity index (χ2n) is 6.28. The molecule has 1 aromatic carbocycles. The summed E-state index contributed by atoms with van der Waals surface area (Å²) in [4.78, 5) is 17.0. The van der Waals surface area contributed by atoms with Gasteiger partial charge in [-0.3, -0.25) is 4.79 Å². The maximum atomic E-state index is 12.3. The van der Waals surface area contributed by atoms with E-state index in [2.05, 4.69) is 28.2 Å². The van der Waals surface area contributed by atoms with Crippen molar-refractivity contribution in [3.05, 3.63) is 24.3 Å². The summed E-state index contributed by atoms with van der Waals surface area (Å²) in [5.74, 6) is 0.259. The van der Waals surface area contributed by atoms with E-state index in [1.165, 1.54) is 0 Å². The van der Waals surface area contributed by atoms with Gasteiger partial charge >= 0.3 is 0 Å². The summed E-state index contributed by atoms with van der Waals surface area (Å²) in [7, 11) is 2.13. The molecular weight excluding hydrogens is 286 g/mol. The van der Waals surface area contributed by atoms with E-state index in [0.29, 0.717) is 5.88 Å². The number of likely N-dealkylation sites (N-methyl/N-ethyl adjacent to an activating group) is 1. The van der Waals surface area contributed by atoms with Crippen molar-refractivity contribution in [2.75, 3.05) is 49.3 Å². The zero-order valence-electron chi connectivity index (χ0n) is 13.0. The highest BCUT2D eigenvalue weighted by atomic mass is 35.5. The molecule has 21 heavy (non-hydrogen) atoms. The van der Waals surface area contributed by atoms with Crippen LogP contribution in [0.2, 0.25) is 0 Å². The van der Waals surface area contributed by atoms with Crippen LogP contribution >= 0.6 is 11.6 Å². The summed E-state index contributed by atoms with van der Waals surface area (Å²) in [5, 5.41) is 3.03. The molecule has 0 aliphatic carbocycles. The highest BCUT2D eigenvalue weighted by Crippen LogP contribution is 2.28. The zero-order valence-corrected chi connectivity index (χ0v) is 13.8. The lowest BCUT2D eigenvalue weighted by Gasteiger charge is -2.35. The van der Waals surface area contributed by atoms with Crippen LogP contribution in [-0.4, -0.2) is 49.9 Å². The van der Waals surface area contributed by atoms with Gasteiger partial charge in [0.15, 0.2) is 0 Å². The van der Waals surface area contributed by atoms with Crippen molar-refractivity contribution in [1.29, 1.82) is 0 Å². The van der Waals surface area contributed by atoms with Crippen LogP contribution in [0.3, 0.4) is 0 Å². The lowest BCUT2D eigenvalue weighted by atomic mass is 9.95. The van der Waals surface area contributed by atoms with E-state index >= 15 is 0 Å². The smallest absolute Gasteiger partial charge is 0.231 e. The molecule has 1 saturated heterocycles. The molecule has 1 amide bonds. The first-order chi connectivity index (χ1) is 9.94. The number of alkyl halides is 1. The summed E-state index contributed by atoms with van der Waals surface area (Å²) in [5.41, 5.74) is 1.38. The first-order valence-corrected chi connectivity index (χ1v) is 7.87. The highest BCUT2D eigenvalue weighted by molar-refractivity contribution is 6.20. The van der Waals surface area contributed by atoms with Gasteiger partial charge in [-0.05, 0) is 33.0 Å². The molecule has 1 N–H and O–H groups in total. The Morgan fingerprint density at radius 1 is 1.24 bits per heavy atom. The first-order valence-electron chi connectivity index (χ1n) is 7.34. The third-order valence-electron chi connectivity index (χ3n) is 3.94. The van der Waals surface area contributed by atoms with Crippen molar-refractivity contribution in [1.82, 2.24) is 4.90 Å². The molecule has 116 valence electrons. The molecule has 0 atom stereocenters. The lowest BCUT2D eigenvalue weighted by molar-refractivity contribution is -0.122. The molecule has 1 fully saturated rings. The SMILES string of the molecule is CN1CCN(c2ccccc2NC(=O)C(C)(C)CCl)CC1. The average Bonchev–Trinajstić information content (AvgIpc) is 2.48. The molecule has 1 heterocycles. The normalized spacial score (nSPS) is 16.9. The monoisotopic (exact) mass is 309 g/mol. The second kappa shape index (κ2) is 6.67. The fourth-order valence-corrected chi connectivity index (χ4v) is 2.38. The molecule has 0 aromatic heterocycles. The van der Waals surface area contributed by atoms with Crippen LogP contribution in [-0.2, 0) is 4.79 Å². The number of hydrogen-bond acceptors (Lipinski definition) is 3. The topological polar surface area (TPSA) is 35.6 Å². The predicted octanol–water partition coefficient (Wildman–Crippen LogP) is 2.64.